The van der Waals surface area contributed by atoms with Crippen LogP contribution in [0.2, 0.25) is 0 Å². The van der Waals surface area contributed by atoms with Gasteiger partial charge in [0.1, 0.15) is 0 Å². The van der Waals surface area contributed by atoms with E-state index in [9.17, 15) is 5.21 Å². The van der Waals surface area contributed by atoms with Crippen LogP contribution in [-0.2, 0) is 9.47 Å². The molecule has 4 heteroatoms. The average Bonchev–Trinajstić information content (AvgIpc) is 3.24. The number of ether oxygens (including phenoxy) is 2. The molecular formula is C23H35NO3. The van der Waals surface area contributed by atoms with E-state index in [0.29, 0.717) is 16.7 Å². The second-order valence-electron chi connectivity index (χ2n) is 10.5. The lowest BCUT2D eigenvalue weighted by molar-refractivity contribution is -0.214. The molecule has 3 unspecified atom stereocenters. The molecule has 1 N–H and O–H groups in total. The Balaban J connectivity index is 1.44. The standard InChI is InChI=1S/C23H35NO3/c1-21-10-8-16(24-25)14-15(21)4-5-17-18-6-7-20(23(3)26-12-13-27-23)22(18,2)11-9-19(17)21/h14,17-20,25H,4-13H2,1-3H3/b24-16+/t17?,18?,19?,20-,21-,22-/m0/s1. The Bertz CT molecular complexity index is 679. The molecule has 3 saturated carbocycles. The van der Waals surface area contributed by atoms with Crippen molar-refractivity contribution >= 4 is 5.71 Å². The predicted octanol–water partition coefficient (Wildman–Crippen LogP) is 5.16. The predicted molar refractivity (Wildman–Crippen MR) is 105 cm³/mol. The monoisotopic (exact) mass is 373 g/mol. The second-order valence-corrected chi connectivity index (χ2v) is 10.5. The van der Waals surface area contributed by atoms with E-state index in [1.54, 1.807) is 5.57 Å². The van der Waals surface area contributed by atoms with Crippen molar-refractivity contribution in [1.29, 1.82) is 0 Å². The normalized spacial score (nSPS) is 50.0. The molecule has 5 aliphatic rings. The Morgan fingerprint density at radius 1 is 0.963 bits per heavy atom. The summed E-state index contributed by atoms with van der Waals surface area (Å²) in [7, 11) is 0. The number of oxime groups is 1. The van der Waals surface area contributed by atoms with Gasteiger partial charge in [-0.15, -0.1) is 0 Å². The molecule has 0 amide bonds. The number of allylic oxidation sites excluding steroid dienone is 2. The van der Waals surface area contributed by atoms with Crippen molar-refractivity contribution in [2.24, 2.45) is 39.7 Å². The molecular weight excluding hydrogens is 338 g/mol. The van der Waals surface area contributed by atoms with Crippen LogP contribution in [0.4, 0.5) is 0 Å². The lowest BCUT2D eigenvalue weighted by Crippen LogP contribution is -2.53. The lowest BCUT2D eigenvalue weighted by atomic mass is 9.46. The van der Waals surface area contributed by atoms with Crippen molar-refractivity contribution in [1.82, 2.24) is 0 Å². The molecule has 1 aliphatic heterocycles. The highest BCUT2D eigenvalue weighted by Gasteiger charge is 2.62. The van der Waals surface area contributed by atoms with Crippen LogP contribution in [0.15, 0.2) is 16.8 Å². The molecule has 4 nitrogen and oxygen atoms in total. The van der Waals surface area contributed by atoms with Crippen LogP contribution in [-0.4, -0.2) is 29.9 Å². The number of hydrogen-bond acceptors (Lipinski definition) is 4. The van der Waals surface area contributed by atoms with E-state index < -0.39 is 0 Å². The summed E-state index contributed by atoms with van der Waals surface area (Å²) in [5.41, 5.74) is 3.09. The van der Waals surface area contributed by atoms with Gasteiger partial charge in [-0.2, -0.15) is 0 Å². The minimum atomic E-state index is -0.364. The second kappa shape index (κ2) is 6.06. The zero-order chi connectivity index (χ0) is 18.9. The van der Waals surface area contributed by atoms with Crippen LogP contribution in [0.1, 0.15) is 72.1 Å². The third-order valence-corrected chi connectivity index (χ3v) is 9.60. The Kier molecular flexibility index (Phi) is 4.08. The number of fused-ring (bicyclic) bond motifs is 5. The molecule has 0 spiro atoms. The maximum atomic E-state index is 9.23. The summed E-state index contributed by atoms with van der Waals surface area (Å²) >= 11 is 0. The van der Waals surface area contributed by atoms with E-state index >= 15 is 0 Å². The third-order valence-electron chi connectivity index (χ3n) is 9.60. The van der Waals surface area contributed by atoms with E-state index in [-0.39, 0.29) is 5.79 Å². The molecule has 4 fully saturated rings. The first-order chi connectivity index (χ1) is 12.9. The van der Waals surface area contributed by atoms with Gasteiger partial charge in [0, 0.05) is 5.92 Å². The number of hydrogen-bond donors (Lipinski definition) is 1. The molecule has 0 aromatic heterocycles. The first-order valence-corrected chi connectivity index (χ1v) is 11.1. The van der Waals surface area contributed by atoms with Crippen LogP contribution in [0.5, 0.6) is 0 Å². The molecule has 27 heavy (non-hydrogen) atoms. The third kappa shape index (κ3) is 2.45. The fourth-order valence-corrected chi connectivity index (χ4v) is 8.24. The Morgan fingerprint density at radius 3 is 2.48 bits per heavy atom. The van der Waals surface area contributed by atoms with Crippen molar-refractivity contribution in [3.05, 3.63) is 11.6 Å². The van der Waals surface area contributed by atoms with Gasteiger partial charge in [-0.3, -0.25) is 0 Å². The summed E-state index contributed by atoms with van der Waals surface area (Å²) in [6.45, 7) is 8.75. The number of nitrogens with zero attached hydrogens (tertiary/aromatic N) is 1. The summed E-state index contributed by atoms with van der Waals surface area (Å²) < 4.78 is 12.3. The van der Waals surface area contributed by atoms with Crippen molar-refractivity contribution in [2.45, 2.75) is 77.9 Å². The first-order valence-electron chi connectivity index (χ1n) is 11.1. The molecule has 1 saturated heterocycles. The van der Waals surface area contributed by atoms with E-state index in [0.717, 1.165) is 49.5 Å². The maximum Gasteiger partial charge on any atom is 0.169 e. The largest absolute Gasteiger partial charge is 0.411 e. The van der Waals surface area contributed by atoms with Crippen LogP contribution in [0, 0.1) is 34.5 Å². The Labute approximate surface area is 163 Å². The van der Waals surface area contributed by atoms with E-state index in [2.05, 4.69) is 32.0 Å². The SMILES string of the molecule is CC1([C@H]2CCC3C4CCC5=C/C(=N/O)CC[C@]5(C)C4CC[C@@]32C)OCCO1. The fourth-order valence-electron chi connectivity index (χ4n) is 8.24. The van der Waals surface area contributed by atoms with Crippen molar-refractivity contribution in [3.8, 4) is 0 Å². The van der Waals surface area contributed by atoms with Crippen LogP contribution < -0.4 is 0 Å². The maximum absolute atomic E-state index is 9.23. The van der Waals surface area contributed by atoms with Crippen molar-refractivity contribution in [2.75, 3.05) is 13.2 Å². The van der Waals surface area contributed by atoms with Gasteiger partial charge in [-0.05, 0) is 93.0 Å². The molecule has 0 aromatic carbocycles. The van der Waals surface area contributed by atoms with Gasteiger partial charge in [-0.1, -0.05) is 24.6 Å². The van der Waals surface area contributed by atoms with Crippen molar-refractivity contribution in [3.63, 3.8) is 0 Å². The molecule has 150 valence electrons. The summed E-state index contributed by atoms with van der Waals surface area (Å²) in [5.74, 6) is 2.58. The van der Waals surface area contributed by atoms with E-state index in [1.165, 1.54) is 38.5 Å². The van der Waals surface area contributed by atoms with Gasteiger partial charge in [-0.25, -0.2) is 0 Å². The van der Waals surface area contributed by atoms with Gasteiger partial charge in [0.2, 0.25) is 0 Å². The quantitative estimate of drug-likeness (QED) is 0.510. The minimum absolute atomic E-state index is 0.306. The molecule has 5 rings (SSSR count). The zero-order valence-corrected chi connectivity index (χ0v) is 17.2. The van der Waals surface area contributed by atoms with E-state index in [1.807, 2.05) is 0 Å². The van der Waals surface area contributed by atoms with Gasteiger partial charge in [0.15, 0.2) is 5.79 Å². The highest BCUT2D eigenvalue weighted by molar-refractivity contribution is 5.96. The first kappa shape index (κ1) is 18.2. The van der Waals surface area contributed by atoms with Crippen LogP contribution in [0.3, 0.4) is 0 Å². The number of rotatable bonds is 1. The summed E-state index contributed by atoms with van der Waals surface area (Å²) in [4.78, 5) is 0. The van der Waals surface area contributed by atoms with Crippen molar-refractivity contribution < 1.29 is 14.7 Å². The van der Waals surface area contributed by atoms with Crippen LogP contribution >= 0.6 is 0 Å². The van der Waals surface area contributed by atoms with E-state index in [4.69, 9.17) is 9.47 Å². The van der Waals surface area contributed by atoms with Gasteiger partial charge in [0.05, 0.1) is 18.9 Å². The molecule has 0 aromatic rings. The smallest absolute Gasteiger partial charge is 0.169 e. The molecule has 1 heterocycles. The summed E-state index contributed by atoms with van der Waals surface area (Å²) in [5, 5.41) is 12.7. The average molecular weight is 374 g/mol. The molecule has 4 aliphatic carbocycles. The highest BCUT2D eigenvalue weighted by atomic mass is 16.7. The van der Waals surface area contributed by atoms with Gasteiger partial charge in [0.25, 0.3) is 0 Å². The molecule has 6 atom stereocenters. The Morgan fingerprint density at radius 2 is 1.74 bits per heavy atom. The minimum Gasteiger partial charge on any atom is -0.411 e. The zero-order valence-electron chi connectivity index (χ0n) is 17.2. The lowest BCUT2D eigenvalue weighted by Gasteiger charge is -2.59. The summed E-state index contributed by atoms with van der Waals surface area (Å²) in [6.07, 6.45) is 12.0. The summed E-state index contributed by atoms with van der Waals surface area (Å²) in [6, 6.07) is 0. The Hall–Kier alpha value is -0.870. The highest BCUT2D eigenvalue weighted by Crippen LogP contribution is 2.68. The molecule has 0 bridgehead atoms. The van der Waals surface area contributed by atoms with Gasteiger partial charge < -0.3 is 14.7 Å². The van der Waals surface area contributed by atoms with Gasteiger partial charge >= 0.3 is 0 Å². The molecule has 0 radical (unpaired) electrons. The fraction of sp³-hybridized carbons (Fsp3) is 0.870. The van der Waals surface area contributed by atoms with Crippen LogP contribution in [0.25, 0.3) is 0 Å². The topological polar surface area (TPSA) is 51.1 Å².